The standard InChI is InChI=1S/C24H46N6/c1-2-3-4-5-10-16-30-22(17-20-12-7-6-8-13-20)19-29(24(30)26)15-11-9-14-21-18-27-23(25)28-21/h20-22,26H,2-19H2,1H3,(H3,25,27,28)/t21-,22-/m0/s1. The van der Waals surface area contributed by atoms with Crippen LogP contribution in [0.4, 0.5) is 0 Å². The lowest BCUT2D eigenvalue weighted by Gasteiger charge is -2.30. The summed E-state index contributed by atoms with van der Waals surface area (Å²) in [4.78, 5) is 9.07. The molecule has 172 valence electrons. The molecule has 6 heteroatoms. The molecule has 30 heavy (non-hydrogen) atoms. The highest BCUT2D eigenvalue weighted by atomic mass is 15.4. The highest BCUT2D eigenvalue weighted by molar-refractivity contribution is 5.80. The van der Waals surface area contributed by atoms with Crippen LogP contribution in [0, 0.1) is 11.3 Å². The van der Waals surface area contributed by atoms with Crippen molar-refractivity contribution in [3.8, 4) is 0 Å². The van der Waals surface area contributed by atoms with E-state index in [2.05, 4.69) is 27.0 Å². The Hall–Kier alpha value is -1.46. The molecule has 0 aromatic rings. The highest BCUT2D eigenvalue weighted by Gasteiger charge is 2.35. The van der Waals surface area contributed by atoms with Gasteiger partial charge >= 0.3 is 0 Å². The third-order valence-corrected chi connectivity index (χ3v) is 7.34. The topological polar surface area (TPSA) is 80.7 Å². The van der Waals surface area contributed by atoms with Crippen molar-refractivity contribution in [2.75, 3.05) is 26.2 Å². The highest BCUT2D eigenvalue weighted by Crippen LogP contribution is 2.31. The molecule has 0 aromatic heterocycles. The number of rotatable bonds is 13. The first-order valence-electron chi connectivity index (χ1n) is 12.8. The predicted octanol–water partition coefficient (Wildman–Crippen LogP) is 4.30. The van der Waals surface area contributed by atoms with Gasteiger partial charge in [-0.05, 0) is 38.0 Å². The maximum absolute atomic E-state index is 8.86. The smallest absolute Gasteiger partial charge is 0.194 e. The molecule has 0 unspecified atom stereocenters. The Morgan fingerprint density at radius 2 is 1.80 bits per heavy atom. The molecule has 4 N–H and O–H groups in total. The van der Waals surface area contributed by atoms with E-state index in [0.29, 0.717) is 18.0 Å². The number of aliphatic imine (C=N–C) groups is 1. The Balaban J connectivity index is 1.43. The Morgan fingerprint density at radius 3 is 2.53 bits per heavy atom. The fraction of sp³-hybridized carbons (Fsp3) is 0.917. The van der Waals surface area contributed by atoms with Crippen LogP contribution in [0.15, 0.2) is 4.99 Å². The second-order valence-corrected chi connectivity index (χ2v) is 9.83. The summed E-state index contributed by atoms with van der Waals surface area (Å²) < 4.78 is 0. The third-order valence-electron chi connectivity index (χ3n) is 7.34. The average Bonchev–Trinajstić information content (AvgIpc) is 3.29. The van der Waals surface area contributed by atoms with Crippen molar-refractivity contribution >= 4 is 11.9 Å². The zero-order valence-corrected chi connectivity index (χ0v) is 19.4. The summed E-state index contributed by atoms with van der Waals surface area (Å²) in [7, 11) is 0. The van der Waals surface area contributed by atoms with Gasteiger partial charge in [0.1, 0.15) is 0 Å². The normalized spacial score (nSPS) is 25.1. The number of guanidine groups is 2. The third kappa shape index (κ3) is 7.05. The minimum atomic E-state index is 0.418. The first kappa shape index (κ1) is 23.2. The fourth-order valence-corrected chi connectivity index (χ4v) is 5.54. The van der Waals surface area contributed by atoms with Crippen LogP contribution < -0.4 is 11.1 Å². The second kappa shape index (κ2) is 12.4. The maximum atomic E-state index is 8.86. The fourth-order valence-electron chi connectivity index (χ4n) is 5.54. The van der Waals surface area contributed by atoms with E-state index >= 15 is 0 Å². The van der Waals surface area contributed by atoms with Gasteiger partial charge in [0.15, 0.2) is 11.9 Å². The van der Waals surface area contributed by atoms with E-state index in [1.54, 1.807) is 0 Å². The summed E-state index contributed by atoms with van der Waals surface area (Å²) in [5, 5.41) is 12.1. The van der Waals surface area contributed by atoms with Crippen LogP contribution in [0.3, 0.4) is 0 Å². The molecule has 3 aliphatic rings. The Morgan fingerprint density at radius 1 is 1.03 bits per heavy atom. The van der Waals surface area contributed by atoms with Crippen LogP contribution in [0.2, 0.25) is 0 Å². The summed E-state index contributed by atoms with van der Waals surface area (Å²) in [6.07, 6.45) is 18.4. The van der Waals surface area contributed by atoms with Crippen LogP contribution in [-0.4, -0.2) is 60.0 Å². The number of hydrogen-bond donors (Lipinski definition) is 3. The molecule has 6 nitrogen and oxygen atoms in total. The molecule has 0 radical (unpaired) electrons. The van der Waals surface area contributed by atoms with E-state index in [1.807, 2.05) is 0 Å². The molecule has 0 bridgehead atoms. The van der Waals surface area contributed by atoms with E-state index < -0.39 is 0 Å². The van der Waals surface area contributed by atoms with Crippen molar-refractivity contribution in [1.29, 1.82) is 5.41 Å². The van der Waals surface area contributed by atoms with Crippen LogP contribution in [-0.2, 0) is 0 Å². The van der Waals surface area contributed by atoms with Gasteiger partial charge in [-0.15, -0.1) is 0 Å². The zero-order chi connectivity index (χ0) is 21.2. The molecule has 2 fully saturated rings. The van der Waals surface area contributed by atoms with Crippen LogP contribution in [0.5, 0.6) is 0 Å². The molecule has 2 heterocycles. The number of nitrogens with one attached hydrogen (secondary N) is 2. The van der Waals surface area contributed by atoms with Gasteiger partial charge in [-0.3, -0.25) is 10.4 Å². The Kier molecular flexibility index (Phi) is 9.60. The van der Waals surface area contributed by atoms with Crippen LogP contribution in [0.1, 0.15) is 96.8 Å². The molecule has 0 aromatic carbocycles. The van der Waals surface area contributed by atoms with Gasteiger partial charge in [0.2, 0.25) is 0 Å². The van der Waals surface area contributed by atoms with Gasteiger partial charge in [0.05, 0.1) is 6.54 Å². The maximum Gasteiger partial charge on any atom is 0.194 e. The van der Waals surface area contributed by atoms with Gasteiger partial charge in [-0.2, -0.15) is 0 Å². The molecular formula is C24H46N6. The van der Waals surface area contributed by atoms with Gasteiger partial charge in [-0.1, -0.05) is 64.7 Å². The molecule has 2 aliphatic heterocycles. The van der Waals surface area contributed by atoms with Crippen molar-refractivity contribution < 1.29 is 0 Å². The molecule has 2 atom stereocenters. The number of hydrogen-bond acceptors (Lipinski definition) is 4. The van der Waals surface area contributed by atoms with E-state index in [-0.39, 0.29) is 0 Å². The van der Waals surface area contributed by atoms with Crippen molar-refractivity contribution in [1.82, 2.24) is 15.1 Å². The second-order valence-electron chi connectivity index (χ2n) is 9.83. The minimum Gasteiger partial charge on any atom is -0.370 e. The summed E-state index contributed by atoms with van der Waals surface area (Å²) in [5.74, 6) is 2.29. The molecular weight excluding hydrogens is 372 g/mol. The van der Waals surface area contributed by atoms with Crippen molar-refractivity contribution in [3.05, 3.63) is 0 Å². The van der Waals surface area contributed by atoms with Crippen LogP contribution in [0.25, 0.3) is 0 Å². The molecule has 0 amide bonds. The Bertz CT molecular complexity index is 542. The number of nitrogens with two attached hydrogens (primary N) is 1. The first-order chi connectivity index (χ1) is 14.7. The van der Waals surface area contributed by atoms with E-state index in [0.717, 1.165) is 50.9 Å². The summed E-state index contributed by atoms with van der Waals surface area (Å²) in [6.45, 7) is 6.27. The van der Waals surface area contributed by atoms with Gasteiger partial charge in [-0.25, -0.2) is 0 Å². The minimum absolute atomic E-state index is 0.418. The summed E-state index contributed by atoms with van der Waals surface area (Å²) in [6, 6.07) is 0.984. The van der Waals surface area contributed by atoms with E-state index in [1.165, 1.54) is 77.0 Å². The lowest BCUT2D eigenvalue weighted by atomic mass is 9.84. The number of unbranched alkanes of at least 4 members (excludes halogenated alkanes) is 5. The van der Waals surface area contributed by atoms with Crippen molar-refractivity contribution in [3.63, 3.8) is 0 Å². The molecule has 1 aliphatic carbocycles. The van der Waals surface area contributed by atoms with Crippen LogP contribution >= 0.6 is 0 Å². The monoisotopic (exact) mass is 418 g/mol. The van der Waals surface area contributed by atoms with Gasteiger partial charge in [0.25, 0.3) is 0 Å². The van der Waals surface area contributed by atoms with E-state index in [9.17, 15) is 0 Å². The average molecular weight is 419 g/mol. The molecule has 0 spiro atoms. The summed E-state index contributed by atoms with van der Waals surface area (Å²) >= 11 is 0. The lowest BCUT2D eigenvalue weighted by Crippen LogP contribution is -2.37. The zero-order valence-electron chi connectivity index (χ0n) is 19.4. The first-order valence-corrected chi connectivity index (χ1v) is 12.8. The van der Waals surface area contributed by atoms with Gasteiger partial charge < -0.3 is 20.9 Å². The molecule has 1 saturated heterocycles. The molecule has 3 rings (SSSR count). The predicted molar refractivity (Wildman–Crippen MR) is 127 cm³/mol. The SMILES string of the molecule is CCCCCCCN1C(=N)N(CCCC[C@H]2CN=C(N)N2)C[C@@H]1CC1CCCCC1. The lowest BCUT2D eigenvalue weighted by molar-refractivity contribution is 0.241. The van der Waals surface area contributed by atoms with Gasteiger partial charge in [0, 0.05) is 31.7 Å². The van der Waals surface area contributed by atoms with E-state index in [4.69, 9.17) is 11.1 Å². The largest absolute Gasteiger partial charge is 0.370 e. The Labute approximate surface area is 184 Å². The quantitative estimate of drug-likeness (QED) is 0.389. The summed E-state index contributed by atoms with van der Waals surface area (Å²) in [5.41, 5.74) is 5.72. The number of nitrogens with zero attached hydrogens (tertiary/aromatic N) is 3. The van der Waals surface area contributed by atoms with Crippen molar-refractivity contribution in [2.45, 2.75) is 109 Å². The molecule has 1 saturated carbocycles. The van der Waals surface area contributed by atoms with Crippen molar-refractivity contribution in [2.24, 2.45) is 16.6 Å².